The third-order valence-corrected chi connectivity index (χ3v) is 4.36. The molecule has 0 spiro atoms. The lowest BCUT2D eigenvalue weighted by molar-refractivity contribution is 0.0622. The molecule has 0 unspecified atom stereocenters. The van der Waals surface area contributed by atoms with Crippen LogP contribution in [0.3, 0.4) is 0 Å². The molecule has 0 atom stereocenters. The van der Waals surface area contributed by atoms with Crippen molar-refractivity contribution in [3.63, 3.8) is 0 Å². The molecule has 0 radical (unpaired) electrons. The topological polar surface area (TPSA) is 68.0 Å². The molecule has 1 aromatic heterocycles. The molecule has 1 amide bonds. The Bertz CT molecular complexity index is 736. The van der Waals surface area contributed by atoms with Crippen LogP contribution in [0.1, 0.15) is 21.8 Å². The molecule has 7 heteroatoms. The Kier molecular flexibility index (Phi) is 5.23. The molecule has 2 heterocycles. The summed E-state index contributed by atoms with van der Waals surface area (Å²) in [5, 5.41) is 4.02. The summed E-state index contributed by atoms with van der Waals surface area (Å²) >= 11 is 0. The molecule has 1 aliphatic rings. The van der Waals surface area contributed by atoms with Crippen LogP contribution in [0, 0.1) is 6.92 Å². The van der Waals surface area contributed by atoms with Crippen LogP contribution >= 0.6 is 0 Å². The Morgan fingerprint density at radius 3 is 2.52 bits per heavy atom. The quantitative estimate of drug-likeness (QED) is 0.825. The van der Waals surface area contributed by atoms with Crippen LogP contribution in [-0.4, -0.2) is 61.3 Å². The monoisotopic (exact) mass is 345 g/mol. The maximum Gasteiger partial charge on any atom is 0.257 e. The van der Waals surface area contributed by atoms with E-state index < -0.39 is 0 Å². The lowest BCUT2D eigenvalue weighted by atomic mass is 10.1. The summed E-state index contributed by atoms with van der Waals surface area (Å²) in [6, 6.07) is 7.21. The number of piperazine rings is 1. The Morgan fingerprint density at radius 2 is 1.92 bits per heavy atom. The van der Waals surface area contributed by atoms with Crippen LogP contribution in [0.15, 0.2) is 28.8 Å². The number of rotatable bonds is 5. The standard InChI is InChI=1S/C18H23N3O4/c1-13-10-14(19-25-13)12-20-6-8-21(9-7-20)18(22)16-5-4-15(23-2)11-17(16)24-3/h4-5,10-11H,6-9,12H2,1-3H3. The van der Waals surface area contributed by atoms with E-state index in [0.29, 0.717) is 30.2 Å². The van der Waals surface area contributed by atoms with Gasteiger partial charge in [-0.2, -0.15) is 0 Å². The summed E-state index contributed by atoms with van der Waals surface area (Å²) in [7, 11) is 3.15. The number of carbonyl (C=O) groups is 1. The minimum atomic E-state index is -0.0172. The van der Waals surface area contributed by atoms with Gasteiger partial charge in [0.15, 0.2) is 0 Å². The molecule has 1 saturated heterocycles. The van der Waals surface area contributed by atoms with E-state index in [4.69, 9.17) is 14.0 Å². The van der Waals surface area contributed by atoms with Crippen molar-refractivity contribution in [1.29, 1.82) is 0 Å². The van der Waals surface area contributed by atoms with Gasteiger partial charge in [-0.1, -0.05) is 5.16 Å². The second kappa shape index (κ2) is 7.57. The number of carbonyl (C=O) groups excluding carboxylic acids is 1. The molecule has 1 aromatic carbocycles. The molecule has 0 bridgehead atoms. The molecule has 0 aliphatic carbocycles. The molecule has 1 aliphatic heterocycles. The SMILES string of the molecule is COc1ccc(C(=O)N2CCN(Cc3cc(C)on3)CC2)c(OC)c1. The zero-order chi connectivity index (χ0) is 17.8. The fourth-order valence-electron chi connectivity index (χ4n) is 2.98. The highest BCUT2D eigenvalue weighted by Crippen LogP contribution is 2.26. The molecule has 1 fully saturated rings. The smallest absolute Gasteiger partial charge is 0.257 e. The first kappa shape index (κ1) is 17.3. The van der Waals surface area contributed by atoms with Crippen molar-refractivity contribution in [1.82, 2.24) is 15.0 Å². The highest BCUT2D eigenvalue weighted by molar-refractivity contribution is 5.97. The number of hydrogen-bond donors (Lipinski definition) is 0. The second-order valence-corrected chi connectivity index (χ2v) is 6.06. The fourth-order valence-corrected chi connectivity index (χ4v) is 2.98. The van der Waals surface area contributed by atoms with Crippen molar-refractivity contribution in [3.05, 3.63) is 41.3 Å². The summed E-state index contributed by atoms with van der Waals surface area (Å²) in [5.74, 6) is 2.00. The van der Waals surface area contributed by atoms with E-state index >= 15 is 0 Å². The van der Waals surface area contributed by atoms with Gasteiger partial charge in [0.2, 0.25) is 0 Å². The van der Waals surface area contributed by atoms with Gasteiger partial charge in [0.05, 0.1) is 25.5 Å². The third kappa shape index (κ3) is 3.93. The lowest BCUT2D eigenvalue weighted by Crippen LogP contribution is -2.48. The van der Waals surface area contributed by atoms with Gasteiger partial charge in [0.1, 0.15) is 17.3 Å². The Morgan fingerprint density at radius 1 is 1.16 bits per heavy atom. The predicted molar refractivity (Wildman–Crippen MR) is 92.0 cm³/mol. The first-order valence-corrected chi connectivity index (χ1v) is 8.26. The molecule has 25 heavy (non-hydrogen) atoms. The zero-order valence-corrected chi connectivity index (χ0v) is 14.8. The van der Waals surface area contributed by atoms with Crippen molar-refractivity contribution < 1.29 is 18.8 Å². The third-order valence-electron chi connectivity index (χ3n) is 4.36. The van der Waals surface area contributed by atoms with Crippen LogP contribution < -0.4 is 9.47 Å². The van der Waals surface area contributed by atoms with Crippen molar-refractivity contribution in [2.45, 2.75) is 13.5 Å². The van der Waals surface area contributed by atoms with E-state index in [-0.39, 0.29) is 5.91 Å². The predicted octanol–water partition coefficient (Wildman–Crippen LogP) is 1.96. The molecule has 3 rings (SSSR count). The van der Waals surface area contributed by atoms with Gasteiger partial charge in [-0.05, 0) is 19.1 Å². The van der Waals surface area contributed by atoms with Gasteiger partial charge in [-0.15, -0.1) is 0 Å². The summed E-state index contributed by atoms with van der Waals surface area (Å²) < 4.78 is 15.6. The van der Waals surface area contributed by atoms with Crippen molar-refractivity contribution in [2.75, 3.05) is 40.4 Å². The number of hydrogen-bond acceptors (Lipinski definition) is 6. The average molecular weight is 345 g/mol. The molecule has 134 valence electrons. The first-order chi connectivity index (χ1) is 12.1. The maximum absolute atomic E-state index is 12.8. The summed E-state index contributed by atoms with van der Waals surface area (Å²) in [4.78, 5) is 16.9. The highest BCUT2D eigenvalue weighted by atomic mass is 16.5. The van der Waals surface area contributed by atoms with Gasteiger partial charge in [0.25, 0.3) is 5.91 Å². The van der Waals surface area contributed by atoms with Crippen LogP contribution in [0.4, 0.5) is 0 Å². The van der Waals surface area contributed by atoms with Crippen LogP contribution in [-0.2, 0) is 6.54 Å². The maximum atomic E-state index is 12.8. The first-order valence-electron chi connectivity index (χ1n) is 8.26. The average Bonchev–Trinajstić information content (AvgIpc) is 3.06. The zero-order valence-electron chi connectivity index (χ0n) is 14.8. The van der Waals surface area contributed by atoms with Crippen molar-refractivity contribution >= 4 is 5.91 Å². The minimum Gasteiger partial charge on any atom is -0.497 e. The Balaban J connectivity index is 1.61. The summed E-state index contributed by atoms with van der Waals surface area (Å²) in [6.07, 6.45) is 0. The molecule has 0 saturated carbocycles. The molecule has 2 aromatic rings. The van der Waals surface area contributed by atoms with Crippen molar-refractivity contribution in [3.8, 4) is 11.5 Å². The van der Waals surface area contributed by atoms with Crippen molar-refractivity contribution in [2.24, 2.45) is 0 Å². The Hall–Kier alpha value is -2.54. The van der Waals surface area contributed by atoms with Gasteiger partial charge >= 0.3 is 0 Å². The number of amides is 1. The summed E-state index contributed by atoms with van der Waals surface area (Å²) in [6.45, 7) is 5.57. The fraction of sp³-hybridized carbons (Fsp3) is 0.444. The Labute approximate surface area is 147 Å². The number of aromatic nitrogens is 1. The van der Waals surface area contributed by atoms with E-state index in [0.717, 1.165) is 31.1 Å². The highest BCUT2D eigenvalue weighted by Gasteiger charge is 2.25. The lowest BCUT2D eigenvalue weighted by Gasteiger charge is -2.34. The second-order valence-electron chi connectivity index (χ2n) is 6.06. The van der Waals surface area contributed by atoms with E-state index in [2.05, 4.69) is 10.1 Å². The molecular weight excluding hydrogens is 322 g/mol. The molecule has 7 nitrogen and oxygen atoms in total. The normalized spacial score (nSPS) is 15.2. The van der Waals surface area contributed by atoms with Gasteiger partial charge in [-0.3, -0.25) is 9.69 Å². The number of ether oxygens (including phenoxy) is 2. The van der Waals surface area contributed by atoms with E-state index in [1.54, 1.807) is 32.4 Å². The van der Waals surface area contributed by atoms with Crippen LogP contribution in [0.2, 0.25) is 0 Å². The van der Waals surface area contributed by atoms with Crippen LogP contribution in [0.25, 0.3) is 0 Å². The largest absolute Gasteiger partial charge is 0.497 e. The van der Waals surface area contributed by atoms with Gasteiger partial charge < -0.3 is 18.9 Å². The molecular formula is C18H23N3O4. The van der Waals surface area contributed by atoms with E-state index in [9.17, 15) is 4.79 Å². The van der Waals surface area contributed by atoms with Gasteiger partial charge in [0, 0.05) is 44.9 Å². The van der Waals surface area contributed by atoms with E-state index in [1.807, 2.05) is 17.9 Å². The number of nitrogens with zero attached hydrogens (tertiary/aromatic N) is 3. The number of aryl methyl sites for hydroxylation is 1. The van der Waals surface area contributed by atoms with Crippen LogP contribution in [0.5, 0.6) is 11.5 Å². The summed E-state index contributed by atoms with van der Waals surface area (Å²) in [5.41, 5.74) is 1.48. The van der Waals surface area contributed by atoms with E-state index in [1.165, 1.54) is 0 Å². The number of benzene rings is 1. The van der Waals surface area contributed by atoms with Gasteiger partial charge in [-0.25, -0.2) is 0 Å². The number of methoxy groups -OCH3 is 2. The molecule has 0 N–H and O–H groups in total. The minimum absolute atomic E-state index is 0.0172.